The summed E-state index contributed by atoms with van der Waals surface area (Å²) >= 11 is 0. The summed E-state index contributed by atoms with van der Waals surface area (Å²) in [6, 6.07) is 17.4. The molecule has 0 radical (unpaired) electrons. The number of hydrogen-bond donors (Lipinski definition) is 1. The molecule has 112 valence electrons. The molecule has 1 atom stereocenters. The predicted octanol–water partition coefficient (Wildman–Crippen LogP) is 4.83. The van der Waals surface area contributed by atoms with Crippen molar-refractivity contribution in [2.75, 3.05) is 11.9 Å². The molecule has 0 amide bonds. The van der Waals surface area contributed by atoms with Crippen LogP contribution in [0.25, 0.3) is 0 Å². The van der Waals surface area contributed by atoms with E-state index in [1.807, 2.05) is 6.92 Å². The van der Waals surface area contributed by atoms with Crippen LogP contribution in [0.4, 0.5) is 5.69 Å². The molecule has 0 aliphatic heterocycles. The minimum atomic E-state index is 0.409. The molecule has 2 aromatic carbocycles. The van der Waals surface area contributed by atoms with Crippen LogP contribution in [0.5, 0.6) is 5.75 Å². The van der Waals surface area contributed by atoms with Crippen molar-refractivity contribution in [1.29, 1.82) is 0 Å². The van der Waals surface area contributed by atoms with Crippen molar-refractivity contribution < 1.29 is 4.74 Å². The number of anilines is 1. The molecule has 0 aromatic heterocycles. The lowest BCUT2D eigenvalue weighted by atomic mass is 10.1. The van der Waals surface area contributed by atoms with Gasteiger partial charge < -0.3 is 10.1 Å². The van der Waals surface area contributed by atoms with E-state index in [2.05, 4.69) is 67.7 Å². The van der Waals surface area contributed by atoms with E-state index in [0.29, 0.717) is 12.6 Å². The quantitative estimate of drug-likeness (QED) is 0.786. The third kappa shape index (κ3) is 4.82. The number of nitrogens with one attached hydrogen (secondary N) is 1. The van der Waals surface area contributed by atoms with Crippen LogP contribution >= 0.6 is 0 Å². The lowest BCUT2D eigenvalue weighted by Gasteiger charge is -2.18. The highest BCUT2D eigenvalue weighted by atomic mass is 16.5. The fourth-order valence-electron chi connectivity index (χ4n) is 2.39. The van der Waals surface area contributed by atoms with Gasteiger partial charge in [-0.2, -0.15) is 0 Å². The summed E-state index contributed by atoms with van der Waals surface area (Å²) in [6.45, 7) is 7.02. The summed E-state index contributed by atoms with van der Waals surface area (Å²) < 4.78 is 5.72. The molecule has 0 aliphatic rings. The maximum Gasteiger partial charge on any atom is 0.142 e. The molecule has 2 aromatic rings. The first-order chi connectivity index (χ1) is 10.2. The van der Waals surface area contributed by atoms with Gasteiger partial charge in [0.2, 0.25) is 0 Å². The minimum absolute atomic E-state index is 0.409. The van der Waals surface area contributed by atoms with Crippen LogP contribution in [0.3, 0.4) is 0 Å². The van der Waals surface area contributed by atoms with E-state index >= 15 is 0 Å². The van der Waals surface area contributed by atoms with Gasteiger partial charge >= 0.3 is 0 Å². The standard InChI is InChI=1S/C19H25NO/c1-4-21-19-14-15(2)10-13-18(19)20-16(3)11-12-17-8-6-5-7-9-17/h5-10,13-14,16,20H,4,11-12H2,1-3H3. The highest BCUT2D eigenvalue weighted by Crippen LogP contribution is 2.27. The molecule has 2 heteroatoms. The first-order valence-corrected chi connectivity index (χ1v) is 7.73. The van der Waals surface area contributed by atoms with Crippen LogP contribution in [-0.4, -0.2) is 12.6 Å². The molecule has 0 saturated heterocycles. The summed E-state index contributed by atoms with van der Waals surface area (Å²) in [5.74, 6) is 0.948. The van der Waals surface area contributed by atoms with E-state index in [0.717, 1.165) is 24.3 Å². The van der Waals surface area contributed by atoms with Crippen LogP contribution in [0.1, 0.15) is 31.4 Å². The molecular formula is C19H25NO. The number of benzene rings is 2. The molecule has 0 spiro atoms. The zero-order valence-electron chi connectivity index (χ0n) is 13.2. The van der Waals surface area contributed by atoms with Crippen molar-refractivity contribution in [2.45, 2.75) is 39.7 Å². The monoisotopic (exact) mass is 283 g/mol. The predicted molar refractivity (Wildman–Crippen MR) is 90.2 cm³/mol. The van der Waals surface area contributed by atoms with Gasteiger partial charge in [-0.3, -0.25) is 0 Å². The molecule has 0 saturated carbocycles. The van der Waals surface area contributed by atoms with Crippen LogP contribution in [0, 0.1) is 6.92 Å². The van der Waals surface area contributed by atoms with Gasteiger partial charge in [0.25, 0.3) is 0 Å². The molecule has 21 heavy (non-hydrogen) atoms. The Morgan fingerprint density at radius 3 is 2.57 bits per heavy atom. The largest absolute Gasteiger partial charge is 0.492 e. The fraction of sp³-hybridized carbons (Fsp3) is 0.368. The first-order valence-electron chi connectivity index (χ1n) is 7.73. The van der Waals surface area contributed by atoms with Crippen molar-refractivity contribution in [1.82, 2.24) is 0 Å². The smallest absolute Gasteiger partial charge is 0.142 e. The van der Waals surface area contributed by atoms with E-state index in [-0.39, 0.29) is 0 Å². The van der Waals surface area contributed by atoms with Crippen molar-refractivity contribution in [3.8, 4) is 5.75 Å². The molecule has 2 nitrogen and oxygen atoms in total. The summed E-state index contributed by atoms with van der Waals surface area (Å²) in [4.78, 5) is 0. The topological polar surface area (TPSA) is 21.3 Å². The Hall–Kier alpha value is -1.96. The van der Waals surface area contributed by atoms with Gasteiger partial charge in [-0.15, -0.1) is 0 Å². The van der Waals surface area contributed by atoms with E-state index in [4.69, 9.17) is 4.74 Å². The summed E-state index contributed by atoms with van der Waals surface area (Å²) in [7, 11) is 0. The van der Waals surface area contributed by atoms with Gasteiger partial charge in [0.15, 0.2) is 0 Å². The SMILES string of the molecule is CCOc1cc(C)ccc1NC(C)CCc1ccccc1. The Kier molecular flexibility index (Phi) is 5.68. The Morgan fingerprint density at radius 1 is 1.10 bits per heavy atom. The third-order valence-corrected chi connectivity index (χ3v) is 3.55. The van der Waals surface area contributed by atoms with Crippen molar-refractivity contribution >= 4 is 5.69 Å². The second kappa shape index (κ2) is 7.72. The van der Waals surface area contributed by atoms with Gasteiger partial charge in [0.05, 0.1) is 12.3 Å². The van der Waals surface area contributed by atoms with Gasteiger partial charge in [-0.25, -0.2) is 0 Å². The van der Waals surface area contributed by atoms with Crippen LogP contribution in [-0.2, 0) is 6.42 Å². The Bertz CT molecular complexity index is 551. The Labute approximate surface area is 128 Å². The molecule has 1 N–H and O–H groups in total. The zero-order valence-corrected chi connectivity index (χ0v) is 13.2. The van der Waals surface area contributed by atoms with E-state index in [1.54, 1.807) is 0 Å². The third-order valence-electron chi connectivity index (χ3n) is 3.55. The number of ether oxygens (including phenoxy) is 1. The molecule has 0 heterocycles. The average Bonchev–Trinajstić information content (AvgIpc) is 2.49. The van der Waals surface area contributed by atoms with Crippen LogP contribution < -0.4 is 10.1 Å². The maximum absolute atomic E-state index is 5.72. The Balaban J connectivity index is 1.94. The number of rotatable bonds is 7. The van der Waals surface area contributed by atoms with Gasteiger partial charge in [-0.1, -0.05) is 36.4 Å². The van der Waals surface area contributed by atoms with E-state index in [1.165, 1.54) is 11.1 Å². The average molecular weight is 283 g/mol. The molecule has 0 fully saturated rings. The zero-order chi connectivity index (χ0) is 15.1. The molecular weight excluding hydrogens is 258 g/mol. The highest BCUT2D eigenvalue weighted by Gasteiger charge is 2.08. The van der Waals surface area contributed by atoms with Crippen LogP contribution in [0.15, 0.2) is 48.5 Å². The second-order valence-corrected chi connectivity index (χ2v) is 5.50. The summed E-state index contributed by atoms with van der Waals surface area (Å²) in [5, 5.41) is 3.57. The van der Waals surface area contributed by atoms with Gasteiger partial charge in [0.1, 0.15) is 5.75 Å². The second-order valence-electron chi connectivity index (χ2n) is 5.50. The van der Waals surface area contributed by atoms with Gasteiger partial charge in [-0.05, 0) is 56.9 Å². The summed E-state index contributed by atoms with van der Waals surface area (Å²) in [5.41, 5.74) is 3.70. The molecule has 1 unspecified atom stereocenters. The lowest BCUT2D eigenvalue weighted by molar-refractivity contribution is 0.341. The Morgan fingerprint density at radius 2 is 1.86 bits per heavy atom. The van der Waals surface area contributed by atoms with Crippen molar-refractivity contribution in [3.63, 3.8) is 0 Å². The fourth-order valence-corrected chi connectivity index (χ4v) is 2.39. The number of hydrogen-bond acceptors (Lipinski definition) is 2. The molecule has 2 rings (SSSR count). The molecule has 0 aliphatic carbocycles. The van der Waals surface area contributed by atoms with Crippen molar-refractivity contribution in [3.05, 3.63) is 59.7 Å². The molecule has 0 bridgehead atoms. The number of aryl methyl sites for hydroxylation is 2. The minimum Gasteiger partial charge on any atom is -0.492 e. The maximum atomic E-state index is 5.72. The van der Waals surface area contributed by atoms with E-state index in [9.17, 15) is 0 Å². The normalized spacial score (nSPS) is 12.0. The van der Waals surface area contributed by atoms with E-state index < -0.39 is 0 Å². The lowest BCUT2D eigenvalue weighted by Crippen LogP contribution is -2.16. The van der Waals surface area contributed by atoms with Gasteiger partial charge in [0, 0.05) is 6.04 Å². The van der Waals surface area contributed by atoms with Crippen LogP contribution in [0.2, 0.25) is 0 Å². The first kappa shape index (κ1) is 15.4. The highest BCUT2D eigenvalue weighted by molar-refractivity contribution is 5.58. The summed E-state index contributed by atoms with van der Waals surface area (Å²) in [6.07, 6.45) is 2.19. The van der Waals surface area contributed by atoms with Crippen molar-refractivity contribution in [2.24, 2.45) is 0 Å².